The Labute approximate surface area is 133 Å². The van der Waals surface area contributed by atoms with E-state index in [9.17, 15) is 14.4 Å². The smallest absolute Gasteiger partial charge is 0.217 e. The van der Waals surface area contributed by atoms with Gasteiger partial charge >= 0.3 is 0 Å². The highest BCUT2D eigenvalue weighted by Crippen LogP contribution is 2.23. The molecule has 1 aliphatic rings. The first-order valence-electron chi connectivity index (χ1n) is 7.16. The highest BCUT2D eigenvalue weighted by molar-refractivity contribution is 6.55. The lowest BCUT2D eigenvalue weighted by Gasteiger charge is -2.24. The molecule has 0 spiro atoms. The van der Waals surface area contributed by atoms with Crippen molar-refractivity contribution >= 4 is 28.9 Å². The first-order valence-corrected chi connectivity index (χ1v) is 7.16. The Morgan fingerprint density at radius 1 is 0.957 bits per heavy atom. The number of rotatable bonds is 2. The van der Waals surface area contributed by atoms with Crippen LogP contribution in [0.3, 0.4) is 0 Å². The van der Waals surface area contributed by atoms with Gasteiger partial charge in [0.2, 0.25) is 11.7 Å². The van der Waals surface area contributed by atoms with E-state index < -0.39 is 11.9 Å². The largest absolute Gasteiger partial charge is 0.341 e. The number of nitrogens with zero attached hydrogens (tertiary/aromatic N) is 1. The molecular formula is C18H14N2O3. The molecule has 1 aliphatic carbocycles. The van der Waals surface area contributed by atoms with Gasteiger partial charge in [-0.2, -0.15) is 0 Å². The van der Waals surface area contributed by atoms with Crippen molar-refractivity contribution in [3.05, 3.63) is 65.7 Å². The Morgan fingerprint density at radius 3 is 2.22 bits per heavy atom. The number of hydrogen-bond donors (Lipinski definition) is 1. The van der Waals surface area contributed by atoms with Crippen LogP contribution in [0.25, 0.3) is 0 Å². The van der Waals surface area contributed by atoms with E-state index in [1.807, 2.05) is 6.07 Å². The molecule has 114 valence electrons. The van der Waals surface area contributed by atoms with Crippen molar-refractivity contribution in [2.75, 3.05) is 0 Å². The fraction of sp³-hybridized carbons (Fsp3) is 0.111. The minimum Gasteiger partial charge on any atom is -0.341 e. The second-order valence-electron chi connectivity index (χ2n) is 5.21. The summed E-state index contributed by atoms with van der Waals surface area (Å²) in [5.74, 6) is -1.07. The molecule has 1 N–H and O–H groups in total. The summed E-state index contributed by atoms with van der Waals surface area (Å²) in [6.07, 6.45) is 0. The Morgan fingerprint density at radius 2 is 1.57 bits per heavy atom. The molecule has 1 unspecified atom stereocenters. The van der Waals surface area contributed by atoms with Crippen LogP contribution in [0.5, 0.6) is 0 Å². The molecule has 0 fully saturated rings. The summed E-state index contributed by atoms with van der Waals surface area (Å²) in [7, 11) is 0. The minimum absolute atomic E-state index is 0.0371. The molecule has 0 radical (unpaired) electrons. The number of benzene rings is 2. The van der Waals surface area contributed by atoms with Gasteiger partial charge in [0, 0.05) is 18.1 Å². The zero-order valence-corrected chi connectivity index (χ0v) is 12.4. The summed E-state index contributed by atoms with van der Waals surface area (Å²) in [5.41, 5.74) is 1.21. The van der Waals surface area contributed by atoms with Crippen molar-refractivity contribution in [1.82, 2.24) is 5.32 Å². The van der Waals surface area contributed by atoms with Crippen LogP contribution >= 0.6 is 0 Å². The van der Waals surface area contributed by atoms with Crippen molar-refractivity contribution in [3.63, 3.8) is 0 Å². The lowest BCUT2D eigenvalue weighted by molar-refractivity contribution is -0.119. The molecule has 0 saturated heterocycles. The number of carbonyl (C=O) groups is 3. The van der Waals surface area contributed by atoms with E-state index in [1.165, 1.54) is 6.92 Å². The van der Waals surface area contributed by atoms with Gasteiger partial charge in [-0.1, -0.05) is 42.5 Å². The average Bonchev–Trinajstić information content (AvgIpc) is 2.56. The van der Waals surface area contributed by atoms with Crippen LogP contribution in [-0.4, -0.2) is 29.2 Å². The fourth-order valence-corrected chi connectivity index (χ4v) is 2.54. The summed E-state index contributed by atoms with van der Waals surface area (Å²) >= 11 is 0. The minimum atomic E-state index is -1.06. The molecular weight excluding hydrogens is 292 g/mol. The quantitative estimate of drug-likeness (QED) is 0.925. The topological polar surface area (TPSA) is 75.6 Å². The van der Waals surface area contributed by atoms with E-state index in [1.54, 1.807) is 48.5 Å². The fourth-order valence-electron chi connectivity index (χ4n) is 2.54. The Hall–Kier alpha value is -3.08. The molecule has 1 amide bonds. The zero-order chi connectivity index (χ0) is 16.4. The standard InChI is InChI=1S/C18H14N2O3/c1-11(21)19-15-16(20-12-7-3-2-4-8-12)18(23)14-10-6-5-9-13(14)17(15)22/h2-10,15H,1H3,(H,19,21). The van der Waals surface area contributed by atoms with E-state index in [0.29, 0.717) is 16.8 Å². The number of amides is 1. The van der Waals surface area contributed by atoms with E-state index in [4.69, 9.17) is 0 Å². The molecule has 2 aromatic rings. The van der Waals surface area contributed by atoms with Crippen LogP contribution in [0.4, 0.5) is 5.69 Å². The number of aliphatic imine (C=N–C) groups is 1. The molecule has 0 saturated carbocycles. The first kappa shape index (κ1) is 14.8. The summed E-state index contributed by atoms with van der Waals surface area (Å²) < 4.78 is 0. The van der Waals surface area contributed by atoms with Crippen molar-refractivity contribution in [2.24, 2.45) is 4.99 Å². The van der Waals surface area contributed by atoms with Gasteiger partial charge < -0.3 is 5.32 Å². The van der Waals surface area contributed by atoms with E-state index in [0.717, 1.165) is 0 Å². The van der Waals surface area contributed by atoms with E-state index >= 15 is 0 Å². The molecule has 5 heteroatoms. The SMILES string of the molecule is CC(=O)NC1C(=O)c2ccccc2C(=O)C1=Nc1ccccc1. The van der Waals surface area contributed by atoms with Crippen LogP contribution in [0, 0.1) is 0 Å². The highest BCUT2D eigenvalue weighted by Gasteiger charge is 2.38. The Bertz CT molecular complexity index is 825. The molecule has 0 heterocycles. The van der Waals surface area contributed by atoms with Crippen LogP contribution < -0.4 is 5.32 Å². The van der Waals surface area contributed by atoms with Gasteiger partial charge in [-0.05, 0) is 12.1 Å². The molecule has 0 bridgehead atoms. The number of hydrogen-bond acceptors (Lipinski definition) is 4. The second-order valence-corrected chi connectivity index (χ2v) is 5.21. The maximum atomic E-state index is 12.7. The molecule has 0 aromatic heterocycles. The van der Waals surface area contributed by atoms with Gasteiger partial charge in [-0.25, -0.2) is 4.99 Å². The summed E-state index contributed by atoms with van der Waals surface area (Å²) in [4.78, 5) is 41.1. The maximum absolute atomic E-state index is 12.7. The number of ketones is 2. The van der Waals surface area contributed by atoms with Crippen LogP contribution in [0.15, 0.2) is 59.6 Å². The van der Waals surface area contributed by atoms with Crippen LogP contribution in [-0.2, 0) is 4.79 Å². The lowest BCUT2D eigenvalue weighted by atomic mass is 9.84. The molecule has 5 nitrogen and oxygen atoms in total. The van der Waals surface area contributed by atoms with Crippen molar-refractivity contribution in [2.45, 2.75) is 13.0 Å². The predicted octanol–water partition coefficient (Wildman–Crippen LogP) is 2.34. The summed E-state index contributed by atoms with van der Waals surface area (Å²) in [6, 6.07) is 14.4. The van der Waals surface area contributed by atoms with Crippen molar-refractivity contribution < 1.29 is 14.4 Å². The third-order valence-electron chi connectivity index (χ3n) is 3.56. The van der Waals surface area contributed by atoms with E-state index in [2.05, 4.69) is 10.3 Å². The first-order chi connectivity index (χ1) is 11.1. The Kier molecular flexibility index (Phi) is 3.85. The van der Waals surface area contributed by atoms with Crippen LogP contribution in [0.2, 0.25) is 0 Å². The maximum Gasteiger partial charge on any atom is 0.217 e. The van der Waals surface area contributed by atoms with Gasteiger partial charge in [0.25, 0.3) is 0 Å². The molecule has 3 rings (SSSR count). The van der Waals surface area contributed by atoms with Gasteiger partial charge in [0.1, 0.15) is 11.8 Å². The highest BCUT2D eigenvalue weighted by atomic mass is 16.2. The number of nitrogens with one attached hydrogen (secondary N) is 1. The number of fused-ring (bicyclic) bond motifs is 1. The Balaban J connectivity index is 2.15. The van der Waals surface area contributed by atoms with Crippen molar-refractivity contribution in [3.8, 4) is 0 Å². The molecule has 0 aliphatic heterocycles. The number of Topliss-reactive ketones (excluding diaryl/α,β-unsaturated/α-hetero) is 2. The zero-order valence-electron chi connectivity index (χ0n) is 12.4. The van der Waals surface area contributed by atoms with Crippen LogP contribution in [0.1, 0.15) is 27.6 Å². The second kappa shape index (κ2) is 5.96. The van der Waals surface area contributed by atoms with Gasteiger partial charge in [-0.15, -0.1) is 0 Å². The molecule has 2 aromatic carbocycles. The third kappa shape index (κ3) is 2.81. The van der Waals surface area contributed by atoms with Gasteiger partial charge in [0.15, 0.2) is 5.78 Å². The van der Waals surface area contributed by atoms with Gasteiger partial charge in [-0.3, -0.25) is 14.4 Å². The normalized spacial score (nSPS) is 18.7. The third-order valence-corrected chi connectivity index (χ3v) is 3.56. The molecule has 1 atom stereocenters. The van der Waals surface area contributed by atoms with Gasteiger partial charge in [0.05, 0.1) is 5.69 Å². The number of carbonyl (C=O) groups excluding carboxylic acids is 3. The van der Waals surface area contributed by atoms with Crippen molar-refractivity contribution in [1.29, 1.82) is 0 Å². The van der Waals surface area contributed by atoms with E-state index in [-0.39, 0.29) is 17.3 Å². The summed E-state index contributed by atoms with van der Waals surface area (Å²) in [5, 5.41) is 2.53. The number of para-hydroxylation sites is 1. The molecule has 23 heavy (non-hydrogen) atoms. The predicted molar refractivity (Wildman–Crippen MR) is 86.2 cm³/mol. The monoisotopic (exact) mass is 306 g/mol. The average molecular weight is 306 g/mol. The lowest BCUT2D eigenvalue weighted by Crippen LogP contribution is -2.51. The summed E-state index contributed by atoms with van der Waals surface area (Å²) in [6.45, 7) is 1.30.